The van der Waals surface area contributed by atoms with Crippen molar-refractivity contribution >= 4 is 24.0 Å². The average Bonchev–Trinajstić information content (AvgIpc) is 2.16. The lowest BCUT2D eigenvalue weighted by atomic mass is 9.83. The fourth-order valence-corrected chi connectivity index (χ4v) is 1.64. The summed E-state index contributed by atoms with van der Waals surface area (Å²) in [6, 6.07) is 7.24. The van der Waals surface area contributed by atoms with Crippen molar-refractivity contribution in [3.05, 3.63) is 34.9 Å². The second kappa shape index (κ2) is 6.60. The fourth-order valence-electron chi connectivity index (χ4n) is 1.44. The van der Waals surface area contributed by atoms with Gasteiger partial charge in [-0.2, -0.15) is 0 Å². The first-order chi connectivity index (χ1) is 7.30. The number of aliphatic hydroxyl groups excluding tert-OH is 1. The number of hydrogen-bond donors (Lipinski definition) is 2. The number of nitrogens with two attached hydrogens (primary N) is 1. The third-order valence-corrected chi connectivity index (χ3v) is 3.06. The molecule has 0 aliphatic carbocycles. The highest BCUT2D eigenvalue weighted by Gasteiger charge is 2.23. The Bertz CT molecular complexity index is 350. The highest BCUT2D eigenvalue weighted by Crippen LogP contribution is 2.27. The van der Waals surface area contributed by atoms with Crippen LogP contribution in [0.4, 0.5) is 0 Å². The van der Waals surface area contributed by atoms with Crippen LogP contribution in [0.25, 0.3) is 0 Å². The van der Waals surface area contributed by atoms with E-state index in [-0.39, 0.29) is 23.9 Å². The zero-order valence-electron chi connectivity index (χ0n) is 10.5. The lowest BCUT2D eigenvalue weighted by Crippen LogP contribution is -2.36. The summed E-state index contributed by atoms with van der Waals surface area (Å²) in [6.45, 7) is 6.22. The van der Waals surface area contributed by atoms with E-state index in [0.29, 0.717) is 11.4 Å². The largest absolute Gasteiger partial charge is 0.388 e. The van der Waals surface area contributed by atoms with Crippen LogP contribution in [0.1, 0.15) is 38.9 Å². The van der Waals surface area contributed by atoms with E-state index in [1.165, 1.54) is 0 Å². The molecule has 17 heavy (non-hydrogen) atoms. The van der Waals surface area contributed by atoms with E-state index in [4.69, 9.17) is 17.3 Å². The second-order valence-electron chi connectivity index (χ2n) is 5.28. The molecule has 4 heteroatoms. The molecule has 0 radical (unpaired) electrons. The molecule has 0 aliphatic heterocycles. The fraction of sp³-hybridized carbons (Fsp3) is 0.538. The summed E-state index contributed by atoms with van der Waals surface area (Å²) in [7, 11) is 0. The molecule has 0 saturated carbocycles. The molecule has 1 aromatic carbocycles. The molecule has 1 rings (SSSR count). The van der Waals surface area contributed by atoms with Gasteiger partial charge in [0.1, 0.15) is 0 Å². The van der Waals surface area contributed by atoms with Crippen molar-refractivity contribution in [2.24, 2.45) is 11.1 Å². The minimum Gasteiger partial charge on any atom is -0.388 e. The van der Waals surface area contributed by atoms with Gasteiger partial charge < -0.3 is 10.8 Å². The zero-order valence-corrected chi connectivity index (χ0v) is 12.1. The van der Waals surface area contributed by atoms with Gasteiger partial charge in [-0.05, 0) is 29.5 Å². The Labute approximate surface area is 115 Å². The Kier molecular flexibility index (Phi) is 6.49. The first-order valence-electron chi connectivity index (χ1n) is 5.50. The number of rotatable bonds is 3. The van der Waals surface area contributed by atoms with Crippen LogP contribution in [0.5, 0.6) is 0 Å². The van der Waals surface area contributed by atoms with Gasteiger partial charge in [0.05, 0.1) is 6.10 Å². The van der Waals surface area contributed by atoms with Crippen molar-refractivity contribution in [1.29, 1.82) is 0 Å². The molecule has 0 spiro atoms. The van der Waals surface area contributed by atoms with Crippen LogP contribution in [-0.4, -0.2) is 11.1 Å². The molecule has 0 aliphatic rings. The molecular weight excluding hydrogens is 257 g/mol. The van der Waals surface area contributed by atoms with Crippen molar-refractivity contribution in [2.45, 2.75) is 39.3 Å². The van der Waals surface area contributed by atoms with Gasteiger partial charge in [-0.15, -0.1) is 12.4 Å². The minimum absolute atomic E-state index is 0. The summed E-state index contributed by atoms with van der Waals surface area (Å²) in [6.07, 6.45) is -0.00274. The molecule has 0 amide bonds. The molecule has 98 valence electrons. The third-order valence-electron chi connectivity index (χ3n) is 2.82. The Morgan fingerprint density at radius 1 is 1.35 bits per heavy atom. The number of halogens is 2. The summed E-state index contributed by atoms with van der Waals surface area (Å²) in [5.74, 6) is 0. The van der Waals surface area contributed by atoms with Gasteiger partial charge in [0.25, 0.3) is 0 Å². The van der Waals surface area contributed by atoms with Crippen LogP contribution in [0.3, 0.4) is 0 Å². The Morgan fingerprint density at radius 3 is 2.41 bits per heavy atom. The van der Waals surface area contributed by atoms with Crippen molar-refractivity contribution < 1.29 is 5.11 Å². The van der Waals surface area contributed by atoms with Crippen LogP contribution >= 0.6 is 24.0 Å². The van der Waals surface area contributed by atoms with E-state index in [9.17, 15) is 5.11 Å². The Hall–Kier alpha value is -0.280. The molecular formula is C13H21Cl2NO. The predicted octanol–water partition coefficient (Wildman–Crippen LogP) is 3.56. The first kappa shape index (κ1) is 16.7. The first-order valence-corrected chi connectivity index (χ1v) is 5.87. The smallest absolute Gasteiger partial charge is 0.0805 e. The summed E-state index contributed by atoms with van der Waals surface area (Å²) in [5, 5.41) is 10.7. The standard InChI is InChI=1S/C13H20ClNO.ClH/c1-13(2,3)12(15)8-11(16)9-5-4-6-10(14)7-9;/h4-7,11-12,16H,8,15H2,1-3H3;1H/t11-,12-;/m0./s1. The number of benzene rings is 1. The number of hydrogen-bond acceptors (Lipinski definition) is 2. The third kappa shape index (κ3) is 5.26. The predicted molar refractivity (Wildman–Crippen MR) is 75.7 cm³/mol. The van der Waals surface area contributed by atoms with Gasteiger partial charge in [0.15, 0.2) is 0 Å². The van der Waals surface area contributed by atoms with Crippen molar-refractivity contribution in [3.63, 3.8) is 0 Å². The zero-order chi connectivity index (χ0) is 12.3. The summed E-state index contributed by atoms with van der Waals surface area (Å²) < 4.78 is 0. The van der Waals surface area contributed by atoms with Crippen molar-refractivity contribution in [1.82, 2.24) is 0 Å². The molecule has 0 bridgehead atoms. The van der Waals surface area contributed by atoms with Gasteiger partial charge in [-0.25, -0.2) is 0 Å². The van der Waals surface area contributed by atoms with E-state index in [1.54, 1.807) is 12.1 Å². The summed E-state index contributed by atoms with van der Waals surface area (Å²) in [4.78, 5) is 0. The molecule has 0 saturated heterocycles. The molecule has 2 atom stereocenters. The number of aliphatic hydroxyl groups is 1. The highest BCUT2D eigenvalue weighted by molar-refractivity contribution is 6.30. The summed E-state index contributed by atoms with van der Waals surface area (Å²) >= 11 is 5.87. The van der Waals surface area contributed by atoms with Crippen LogP contribution in [0.15, 0.2) is 24.3 Å². The average molecular weight is 278 g/mol. The Balaban J connectivity index is 0.00000256. The van der Waals surface area contributed by atoms with E-state index < -0.39 is 6.10 Å². The lowest BCUT2D eigenvalue weighted by molar-refractivity contribution is 0.133. The molecule has 0 aromatic heterocycles. The van der Waals surface area contributed by atoms with Crippen LogP contribution < -0.4 is 5.73 Å². The van der Waals surface area contributed by atoms with E-state index in [0.717, 1.165) is 5.56 Å². The molecule has 2 nitrogen and oxygen atoms in total. The maximum atomic E-state index is 10.0. The SMILES string of the molecule is CC(C)(C)[C@@H](N)C[C@H](O)c1cccc(Cl)c1.Cl. The van der Waals surface area contributed by atoms with Gasteiger partial charge in [-0.3, -0.25) is 0 Å². The maximum absolute atomic E-state index is 10.0. The summed E-state index contributed by atoms with van der Waals surface area (Å²) in [5.41, 5.74) is 6.86. The quantitative estimate of drug-likeness (QED) is 0.888. The van der Waals surface area contributed by atoms with Crippen LogP contribution in [0.2, 0.25) is 5.02 Å². The van der Waals surface area contributed by atoms with Crippen molar-refractivity contribution in [3.8, 4) is 0 Å². The van der Waals surface area contributed by atoms with Gasteiger partial charge in [-0.1, -0.05) is 44.5 Å². The normalized spacial score (nSPS) is 14.9. The second-order valence-corrected chi connectivity index (χ2v) is 5.72. The van der Waals surface area contributed by atoms with Gasteiger partial charge in [0, 0.05) is 11.1 Å². The Morgan fingerprint density at radius 2 is 1.94 bits per heavy atom. The lowest BCUT2D eigenvalue weighted by Gasteiger charge is -2.29. The minimum atomic E-state index is -0.548. The van der Waals surface area contributed by atoms with Crippen molar-refractivity contribution in [2.75, 3.05) is 0 Å². The molecule has 1 aromatic rings. The van der Waals surface area contributed by atoms with E-state index in [1.807, 2.05) is 12.1 Å². The van der Waals surface area contributed by atoms with Crippen LogP contribution in [-0.2, 0) is 0 Å². The topological polar surface area (TPSA) is 46.2 Å². The maximum Gasteiger partial charge on any atom is 0.0805 e. The molecule has 0 fully saturated rings. The van der Waals surface area contributed by atoms with Gasteiger partial charge >= 0.3 is 0 Å². The van der Waals surface area contributed by atoms with Gasteiger partial charge in [0.2, 0.25) is 0 Å². The molecule has 0 heterocycles. The van der Waals surface area contributed by atoms with E-state index in [2.05, 4.69) is 20.8 Å². The monoisotopic (exact) mass is 277 g/mol. The van der Waals surface area contributed by atoms with Crippen LogP contribution in [0, 0.1) is 5.41 Å². The molecule has 3 N–H and O–H groups in total. The van der Waals surface area contributed by atoms with E-state index >= 15 is 0 Å². The molecule has 0 unspecified atom stereocenters. The highest BCUT2D eigenvalue weighted by atomic mass is 35.5.